The van der Waals surface area contributed by atoms with E-state index in [2.05, 4.69) is 10.3 Å². The first kappa shape index (κ1) is 12.5. The summed E-state index contributed by atoms with van der Waals surface area (Å²) in [5.74, 6) is -0.153. The molecule has 2 heterocycles. The molecule has 0 unspecified atom stereocenters. The van der Waals surface area contributed by atoms with E-state index in [4.69, 9.17) is 0 Å². The lowest BCUT2D eigenvalue weighted by atomic mass is 10.3. The van der Waals surface area contributed by atoms with Crippen LogP contribution in [0.2, 0.25) is 0 Å². The Bertz CT molecular complexity index is 590. The molecule has 5 nitrogen and oxygen atoms in total. The number of rotatable bonds is 3. The fourth-order valence-corrected chi connectivity index (χ4v) is 2.27. The highest BCUT2D eigenvalue weighted by Crippen LogP contribution is 2.10. The van der Waals surface area contributed by atoms with Crippen LogP contribution in [0.15, 0.2) is 28.5 Å². The summed E-state index contributed by atoms with van der Waals surface area (Å²) in [6.45, 7) is 3.80. The van der Waals surface area contributed by atoms with Crippen LogP contribution in [-0.2, 0) is 11.3 Å². The third kappa shape index (κ3) is 2.84. The average molecular weight is 263 g/mol. The van der Waals surface area contributed by atoms with Crippen molar-refractivity contribution in [2.75, 3.05) is 5.32 Å². The van der Waals surface area contributed by atoms with Gasteiger partial charge in [0.25, 0.3) is 0 Å². The number of aryl methyl sites for hydroxylation is 2. The highest BCUT2D eigenvalue weighted by molar-refractivity contribution is 7.13. The zero-order valence-corrected chi connectivity index (χ0v) is 11.0. The number of carbonyl (C=O) groups is 1. The molecule has 1 amide bonds. The number of carbonyl (C=O) groups excluding carboxylic acids is 1. The normalized spacial score (nSPS) is 10.3. The molecule has 94 valence electrons. The van der Waals surface area contributed by atoms with Gasteiger partial charge in [0.15, 0.2) is 10.6 Å². The molecule has 0 spiro atoms. The van der Waals surface area contributed by atoms with Gasteiger partial charge in [-0.15, -0.1) is 11.3 Å². The predicted octanol–water partition coefficient (Wildman–Crippen LogP) is 1.56. The first-order valence-electron chi connectivity index (χ1n) is 5.43. The largest absolute Gasteiger partial charge is 0.340 e. The molecule has 6 heteroatoms. The van der Waals surface area contributed by atoms with Gasteiger partial charge in [-0.2, -0.15) is 0 Å². The molecule has 0 aliphatic heterocycles. The monoisotopic (exact) mass is 263 g/mol. The summed E-state index contributed by atoms with van der Waals surface area (Å²) in [6.07, 6.45) is 1.64. The average Bonchev–Trinajstić information content (AvgIpc) is 2.76. The maximum absolute atomic E-state index is 11.8. The van der Waals surface area contributed by atoms with E-state index < -0.39 is 0 Å². The summed E-state index contributed by atoms with van der Waals surface area (Å²) in [5, 5.41) is 5.09. The van der Waals surface area contributed by atoms with Gasteiger partial charge in [0.1, 0.15) is 6.54 Å². The van der Waals surface area contributed by atoms with Crippen LogP contribution in [0.25, 0.3) is 0 Å². The molecule has 0 radical (unpaired) electrons. The number of pyridine rings is 1. The van der Waals surface area contributed by atoms with Gasteiger partial charge >= 0.3 is 0 Å². The van der Waals surface area contributed by atoms with Crippen LogP contribution in [-0.4, -0.2) is 15.5 Å². The van der Waals surface area contributed by atoms with Crippen molar-refractivity contribution < 1.29 is 4.79 Å². The Labute approximate surface area is 108 Å². The number of anilines is 1. The Morgan fingerprint density at radius 1 is 1.39 bits per heavy atom. The second-order valence-corrected chi connectivity index (χ2v) is 4.84. The predicted molar refractivity (Wildman–Crippen MR) is 70.9 cm³/mol. The maximum Gasteiger partial charge on any atom is 0.246 e. The molecule has 0 fully saturated rings. The van der Waals surface area contributed by atoms with E-state index in [9.17, 15) is 9.59 Å². The molecule has 18 heavy (non-hydrogen) atoms. The standard InChI is InChI=1S/C12H13N3O2S/c1-8-5-10(16)6-9(2)15(8)7-11(17)14-12-13-3-4-18-12/h3-6H,7H2,1-2H3,(H,13,14,17). The lowest BCUT2D eigenvalue weighted by Crippen LogP contribution is -2.23. The Balaban J connectivity index is 2.14. The van der Waals surface area contributed by atoms with Crippen LogP contribution < -0.4 is 10.7 Å². The molecule has 1 N–H and O–H groups in total. The van der Waals surface area contributed by atoms with Crippen molar-refractivity contribution in [2.45, 2.75) is 20.4 Å². The first-order valence-corrected chi connectivity index (χ1v) is 6.31. The van der Waals surface area contributed by atoms with Gasteiger partial charge in [-0.05, 0) is 13.8 Å². The molecule has 0 saturated heterocycles. The van der Waals surface area contributed by atoms with Gasteiger partial charge in [-0.1, -0.05) is 0 Å². The molecule has 0 atom stereocenters. The van der Waals surface area contributed by atoms with Gasteiger partial charge in [-0.25, -0.2) is 4.98 Å². The summed E-state index contributed by atoms with van der Waals surface area (Å²) >= 11 is 1.37. The smallest absolute Gasteiger partial charge is 0.246 e. The summed E-state index contributed by atoms with van der Waals surface area (Å²) in [7, 11) is 0. The summed E-state index contributed by atoms with van der Waals surface area (Å²) in [6, 6.07) is 3.04. The van der Waals surface area contributed by atoms with Gasteiger partial charge in [0.05, 0.1) is 0 Å². The molecule has 0 aliphatic carbocycles. The molecule has 0 aromatic carbocycles. The van der Waals surface area contributed by atoms with Gasteiger partial charge in [0, 0.05) is 35.1 Å². The van der Waals surface area contributed by atoms with Crippen LogP contribution in [0.4, 0.5) is 5.13 Å². The van der Waals surface area contributed by atoms with E-state index in [1.54, 1.807) is 16.1 Å². The molecule has 2 aromatic rings. The van der Waals surface area contributed by atoms with Gasteiger partial charge < -0.3 is 9.88 Å². The van der Waals surface area contributed by atoms with Crippen molar-refractivity contribution in [1.82, 2.24) is 9.55 Å². The Hall–Kier alpha value is -1.95. The van der Waals surface area contributed by atoms with Gasteiger partial charge in [0.2, 0.25) is 5.91 Å². The van der Waals surface area contributed by atoms with Crippen molar-refractivity contribution >= 4 is 22.4 Å². The lowest BCUT2D eigenvalue weighted by Gasteiger charge is -2.13. The van der Waals surface area contributed by atoms with E-state index in [0.29, 0.717) is 5.13 Å². The van der Waals surface area contributed by atoms with Crippen molar-refractivity contribution in [3.05, 3.63) is 45.3 Å². The summed E-state index contributed by atoms with van der Waals surface area (Å²) in [5.41, 5.74) is 1.50. The second kappa shape index (κ2) is 5.14. The molecular weight excluding hydrogens is 250 g/mol. The number of amides is 1. The third-order valence-corrected chi connectivity index (χ3v) is 3.22. The highest BCUT2D eigenvalue weighted by atomic mass is 32.1. The number of aromatic nitrogens is 2. The Morgan fingerprint density at radius 3 is 2.61 bits per heavy atom. The quantitative estimate of drug-likeness (QED) is 0.914. The lowest BCUT2D eigenvalue weighted by molar-refractivity contribution is -0.116. The molecule has 2 aromatic heterocycles. The van der Waals surface area contributed by atoms with Crippen LogP contribution >= 0.6 is 11.3 Å². The van der Waals surface area contributed by atoms with E-state index in [-0.39, 0.29) is 17.9 Å². The number of hydrogen-bond donors (Lipinski definition) is 1. The van der Waals surface area contributed by atoms with Gasteiger partial charge in [-0.3, -0.25) is 9.59 Å². The minimum Gasteiger partial charge on any atom is -0.340 e. The summed E-state index contributed by atoms with van der Waals surface area (Å²) in [4.78, 5) is 27.1. The Morgan fingerprint density at radius 2 is 2.06 bits per heavy atom. The van der Waals surface area contributed by atoms with E-state index in [0.717, 1.165) is 11.4 Å². The van der Waals surface area contributed by atoms with E-state index in [1.165, 1.54) is 23.5 Å². The second-order valence-electron chi connectivity index (χ2n) is 3.95. The maximum atomic E-state index is 11.8. The molecular formula is C12H13N3O2S. The molecule has 2 rings (SSSR count). The fraction of sp³-hybridized carbons (Fsp3) is 0.250. The van der Waals surface area contributed by atoms with E-state index in [1.807, 2.05) is 13.8 Å². The van der Waals surface area contributed by atoms with Crippen LogP contribution in [0, 0.1) is 13.8 Å². The SMILES string of the molecule is Cc1cc(=O)cc(C)n1CC(=O)Nc1nccs1. The third-order valence-electron chi connectivity index (χ3n) is 2.53. The zero-order chi connectivity index (χ0) is 13.1. The number of hydrogen-bond acceptors (Lipinski definition) is 4. The molecule has 0 saturated carbocycles. The summed E-state index contributed by atoms with van der Waals surface area (Å²) < 4.78 is 1.80. The van der Waals surface area contributed by atoms with Crippen molar-refractivity contribution in [1.29, 1.82) is 0 Å². The number of thiazole rings is 1. The van der Waals surface area contributed by atoms with Crippen LogP contribution in [0.5, 0.6) is 0 Å². The van der Waals surface area contributed by atoms with E-state index >= 15 is 0 Å². The first-order chi connectivity index (χ1) is 8.56. The Kier molecular flexibility index (Phi) is 3.57. The number of nitrogens with zero attached hydrogens (tertiary/aromatic N) is 2. The van der Waals surface area contributed by atoms with Crippen LogP contribution in [0.1, 0.15) is 11.4 Å². The van der Waals surface area contributed by atoms with Crippen molar-refractivity contribution in [2.24, 2.45) is 0 Å². The number of nitrogens with one attached hydrogen (secondary N) is 1. The molecule has 0 aliphatic rings. The highest BCUT2D eigenvalue weighted by Gasteiger charge is 2.08. The van der Waals surface area contributed by atoms with Crippen molar-refractivity contribution in [3.8, 4) is 0 Å². The topological polar surface area (TPSA) is 64.0 Å². The molecule has 0 bridgehead atoms. The van der Waals surface area contributed by atoms with Crippen molar-refractivity contribution in [3.63, 3.8) is 0 Å². The minimum absolute atomic E-state index is 0.0402. The van der Waals surface area contributed by atoms with Crippen LogP contribution in [0.3, 0.4) is 0 Å². The zero-order valence-electron chi connectivity index (χ0n) is 10.1. The fourth-order valence-electron chi connectivity index (χ4n) is 1.72. The minimum atomic E-state index is -0.153.